The molecule has 1 aromatic heterocycles. The van der Waals surface area contributed by atoms with Crippen LogP contribution in [0.4, 0.5) is 13.2 Å². The van der Waals surface area contributed by atoms with Gasteiger partial charge >= 0.3 is 6.18 Å². The predicted octanol–water partition coefficient (Wildman–Crippen LogP) is 3.31. The van der Waals surface area contributed by atoms with Gasteiger partial charge in [0.2, 0.25) is 0 Å². The molecule has 6 rings (SSSR count). The molecule has 1 aromatic carbocycles. The van der Waals surface area contributed by atoms with Crippen molar-refractivity contribution < 1.29 is 22.7 Å². The molecular formula is C22H25F3N4O2. The van der Waals surface area contributed by atoms with E-state index in [-0.39, 0.29) is 17.7 Å². The van der Waals surface area contributed by atoms with E-state index in [9.17, 15) is 18.0 Å². The Morgan fingerprint density at radius 3 is 2.61 bits per heavy atom. The summed E-state index contributed by atoms with van der Waals surface area (Å²) in [6, 6.07) is 4.14. The number of carbonyl (C=O) groups is 1. The molecule has 0 radical (unpaired) electrons. The fourth-order valence-corrected chi connectivity index (χ4v) is 5.16. The van der Waals surface area contributed by atoms with Crippen molar-refractivity contribution >= 4 is 5.91 Å². The van der Waals surface area contributed by atoms with Crippen LogP contribution in [0.15, 0.2) is 18.2 Å². The molecule has 1 aliphatic carbocycles. The van der Waals surface area contributed by atoms with Crippen LogP contribution in [0.3, 0.4) is 0 Å². The van der Waals surface area contributed by atoms with E-state index in [4.69, 9.17) is 4.74 Å². The molecule has 0 N–H and O–H groups in total. The monoisotopic (exact) mass is 434 g/mol. The normalized spacial score (nSPS) is 23.0. The lowest BCUT2D eigenvalue weighted by Crippen LogP contribution is -2.42. The number of hydrogen-bond acceptors (Lipinski definition) is 4. The Morgan fingerprint density at radius 1 is 1.13 bits per heavy atom. The number of hydrogen-bond donors (Lipinski definition) is 0. The fourth-order valence-electron chi connectivity index (χ4n) is 5.16. The number of aromatic nitrogens is 2. The molecule has 3 fully saturated rings. The summed E-state index contributed by atoms with van der Waals surface area (Å²) in [5.74, 6) is -0.318. The molecule has 2 aromatic rings. The number of carbonyl (C=O) groups excluding carboxylic acids is 1. The van der Waals surface area contributed by atoms with Crippen molar-refractivity contribution in [1.29, 1.82) is 0 Å². The van der Waals surface area contributed by atoms with Gasteiger partial charge in [-0.15, -0.1) is 0 Å². The molecule has 166 valence electrons. The van der Waals surface area contributed by atoms with E-state index in [1.54, 1.807) is 6.07 Å². The second kappa shape index (κ2) is 7.55. The van der Waals surface area contributed by atoms with Crippen LogP contribution in [0.5, 0.6) is 5.75 Å². The smallest absolute Gasteiger partial charge is 0.420 e. The predicted molar refractivity (Wildman–Crippen MR) is 108 cm³/mol. The maximum absolute atomic E-state index is 13.5. The molecule has 0 saturated carbocycles. The van der Waals surface area contributed by atoms with E-state index in [1.807, 2.05) is 4.90 Å². The standard InChI is InChI=1S/C22H25F3N4O2/c1-31-19-6-5-15(13-17(19)22(23,24)25)29-18-4-2-3-16(18)20(26-29)21(30)28-12-11-27-9-7-14(28)8-10-27/h5-6,13-14H,2-4,7-12H2,1H3. The highest BCUT2D eigenvalue weighted by molar-refractivity contribution is 5.94. The summed E-state index contributed by atoms with van der Waals surface area (Å²) in [7, 11) is 1.22. The van der Waals surface area contributed by atoms with E-state index in [2.05, 4.69) is 10.00 Å². The molecule has 1 amide bonds. The van der Waals surface area contributed by atoms with E-state index in [0.717, 1.165) is 62.6 Å². The van der Waals surface area contributed by atoms with Crippen molar-refractivity contribution in [2.45, 2.75) is 44.3 Å². The van der Waals surface area contributed by atoms with Gasteiger partial charge in [0.15, 0.2) is 5.69 Å². The van der Waals surface area contributed by atoms with Gasteiger partial charge in [-0.2, -0.15) is 18.3 Å². The van der Waals surface area contributed by atoms with E-state index < -0.39 is 11.7 Å². The first-order chi connectivity index (χ1) is 14.9. The summed E-state index contributed by atoms with van der Waals surface area (Å²) < 4.78 is 47.0. The lowest BCUT2D eigenvalue weighted by atomic mass is 10.0. The zero-order chi connectivity index (χ0) is 21.8. The highest BCUT2D eigenvalue weighted by atomic mass is 19.4. The summed E-state index contributed by atoms with van der Waals surface area (Å²) >= 11 is 0. The number of methoxy groups -OCH3 is 1. The number of alkyl halides is 3. The molecule has 0 spiro atoms. The molecular weight excluding hydrogens is 409 g/mol. The molecule has 0 unspecified atom stereocenters. The highest BCUT2D eigenvalue weighted by Crippen LogP contribution is 2.38. The van der Waals surface area contributed by atoms with Crippen molar-refractivity contribution in [3.63, 3.8) is 0 Å². The summed E-state index contributed by atoms with van der Waals surface area (Å²) in [5, 5.41) is 4.57. The van der Waals surface area contributed by atoms with Crippen LogP contribution in [0, 0.1) is 0 Å². The van der Waals surface area contributed by atoms with Crippen LogP contribution in [0.25, 0.3) is 5.69 Å². The first kappa shape index (κ1) is 20.4. The van der Waals surface area contributed by atoms with Gasteiger partial charge < -0.3 is 14.5 Å². The van der Waals surface area contributed by atoms with Gasteiger partial charge in [0.25, 0.3) is 5.91 Å². The largest absolute Gasteiger partial charge is 0.496 e. The number of piperidine rings is 1. The van der Waals surface area contributed by atoms with Crippen molar-refractivity contribution in [1.82, 2.24) is 19.6 Å². The fraction of sp³-hybridized carbons (Fsp3) is 0.545. The Balaban J connectivity index is 1.54. The molecule has 6 nitrogen and oxygen atoms in total. The van der Waals surface area contributed by atoms with Gasteiger partial charge in [-0.05, 0) is 50.3 Å². The number of ether oxygens (including phenoxy) is 1. The molecule has 4 heterocycles. The van der Waals surface area contributed by atoms with E-state index in [1.165, 1.54) is 17.9 Å². The number of nitrogens with zero attached hydrogens (tertiary/aromatic N) is 4. The minimum atomic E-state index is -4.54. The van der Waals surface area contributed by atoms with Crippen LogP contribution in [-0.2, 0) is 19.0 Å². The third-order valence-electron chi connectivity index (χ3n) is 6.78. The first-order valence-electron chi connectivity index (χ1n) is 10.8. The van der Waals surface area contributed by atoms with Crippen molar-refractivity contribution in [3.8, 4) is 11.4 Å². The summed E-state index contributed by atoms with van der Waals surface area (Å²) in [6.45, 7) is 3.55. The Morgan fingerprint density at radius 2 is 1.90 bits per heavy atom. The molecule has 4 aliphatic rings. The third-order valence-corrected chi connectivity index (χ3v) is 6.78. The number of amides is 1. The molecule has 3 saturated heterocycles. The quantitative estimate of drug-likeness (QED) is 0.744. The Hall–Kier alpha value is -2.55. The molecule has 31 heavy (non-hydrogen) atoms. The van der Waals surface area contributed by atoms with Gasteiger partial charge in [-0.3, -0.25) is 4.79 Å². The minimum absolute atomic E-state index is 0.0878. The van der Waals surface area contributed by atoms with E-state index >= 15 is 0 Å². The lowest BCUT2D eigenvalue weighted by molar-refractivity contribution is -0.138. The average molecular weight is 434 g/mol. The van der Waals surface area contributed by atoms with Crippen molar-refractivity contribution in [2.24, 2.45) is 0 Å². The number of fused-ring (bicyclic) bond motifs is 5. The zero-order valence-electron chi connectivity index (χ0n) is 17.4. The maximum Gasteiger partial charge on any atom is 0.420 e. The van der Waals surface area contributed by atoms with Crippen LogP contribution in [0.2, 0.25) is 0 Å². The zero-order valence-corrected chi connectivity index (χ0v) is 17.4. The van der Waals surface area contributed by atoms with Crippen molar-refractivity contribution in [2.75, 3.05) is 33.3 Å². The van der Waals surface area contributed by atoms with Crippen LogP contribution < -0.4 is 4.74 Å². The SMILES string of the molecule is COc1ccc(-n2nc(C(=O)N3CCN4CCC3CC4)c3c2CCC3)cc1C(F)(F)F. The van der Waals surface area contributed by atoms with E-state index in [0.29, 0.717) is 24.3 Å². The molecule has 2 bridgehead atoms. The Labute approximate surface area is 178 Å². The minimum Gasteiger partial charge on any atom is -0.496 e. The van der Waals surface area contributed by atoms with Gasteiger partial charge in [-0.25, -0.2) is 4.68 Å². The van der Waals surface area contributed by atoms with Gasteiger partial charge in [-0.1, -0.05) is 0 Å². The van der Waals surface area contributed by atoms with Crippen LogP contribution in [0.1, 0.15) is 46.6 Å². The Kier molecular flexibility index (Phi) is 4.96. The third kappa shape index (κ3) is 3.48. The topological polar surface area (TPSA) is 50.6 Å². The van der Waals surface area contributed by atoms with Crippen LogP contribution in [-0.4, -0.2) is 64.8 Å². The molecule has 3 aliphatic heterocycles. The first-order valence-corrected chi connectivity index (χ1v) is 10.8. The molecule has 0 atom stereocenters. The van der Waals surface area contributed by atoms with Crippen LogP contribution >= 0.6 is 0 Å². The van der Waals surface area contributed by atoms with Gasteiger partial charge in [0, 0.05) is 43.5 Å². The number of halogens is 3. The lowest BCUT2D eigenvalue weighted by Gasteiger charge is -2.31. The Bertz CT molecular complexity index is 1010. The summed E-state index contributed by atoms with van der Waals surface area (Å²) in [4.78, 5) is 17.8. The highest BCUT2D eigenvalue weighted by Gasteiger charge is 2.37. The average Bonchev–Trinajstić information content (AvgIpc) is 3.24. The second-order valence-corrected chi connectivity index (χ2v) is 8.49. The number of rotatable bonds is 3. The second-order valence-electron chi connectivity index (χ2n) is 8.49. The van der Waals surface area contributed by atoms with Gasteiger partial charge in [0.05, 0.1) is 18.4 Å². The maximum atomic E-state index is 13.5. The summed E-state index contributed by atoms with van der Waals surface area (Å²) in [6.07, 6.45) is -0.336. The molecule has 9 heteroatoms. The van der Waals surface area contributed by atoms with Gasteiger partial charge in [0.1, 0.15) is 5.75 Å². The summed E-state index contributed by atoms with van der Waals surface area (Å²) in [5.41, 5.74) is 1.57. The number of benzene rings is 1. The van der Waals surface area contributed by atoms with Crippen molar-refractivity contribution in [3.05, 3.63) is 40.7 Å².